The number of hydrogen-bond acceptors (Lipinski definition) is 4. The van der Waals surface area contributed by atoms with E-state index in [0.29, 0.717) is 4.90 Å². The largest absolute Gasteiger partial charge is 0.496 e. The first kappa shape index (κ1) is 14.7. The Hall–Kier alpha value is -0.715. The van der Waals surface area contributed by atoms with Crippen molar-refractivity contribution in [2.45, 2.75) is 50.7 Å². The van der Waals surface area contributed by atoms with Gasteiger partial charge >= 0.3 is 7.12 Å². The zero-order valence-electron chi connectivity index (χ0n) is 12.3. The van der Waals surface area contributed by atoms with Crippen LogP contribution in [0.1, 0.15) is 33.3 Å². The molecule has 2 heterocycles. The minimum absolute atomic E-state index is 0.403. The molecule has 0 radical (unpaired) electrons. The van der Waals surface area contributed by atoms with Gasteiger partial charge in [0, 0.05) is 24.1 Å². The monoisotopic (exact) mass is 281 g/mol. The Balaban J connectivity index is 2.48. The van der Waals surface area contributed by atoms with Gasteiger partial charge < -0.3 is 9.31 Å². The van der Waals surface area contributed by atoms with E-state index in [1.807, 2.05) is 34.6 Å². The van der Waals surface area contributed by atoms with Crippen molar-refractivity contribution in [2.24, 2.45) is 0 Å². The molecule has 0 N–H and O–H groups in total. The summed E-state index contributed by atoms with van der Waals surface area (Å²) in [4.78, 5) is 4.79. The van der Waals surface area contributed by atoms with Crippen LogP contribution in [-0.2, 0) is 20.1 Å². The minimum Gasteiger partial charge on any atom is -0.399 e. The number of rotatable bonds is 2. The topological polar surface area (TPSA) is 48.4 Å². The first-order valence-corrected chi connectivity index (χ1v) is 7.85. The molecular formula is C13H20BNO3S. The highest BCUT2D eigenvalue weighted by Crippen LogP contribution is 2.37. The van der Waals surface area contributed by atoms with Crippen LogP contribution >= 0.6 is 0 Å². The van der Waals surface area contributed by atoms with Gasteiger partial charge in [-0.2, -0.15) is 0 Å². The van der Waals surface area contributed by atoms with Gasteiger partial charge in [-0.3, -0.25) is 9.19 Å². The van der Waals surface area contributed by atoms with Crippen LogP contribution in [0.25, 0.3) is 0 Å². The Morgan fingerprint density at radius 2 is 1.68 bits per heavy atom. The van der Waals surface area contributed by atoms with Crippen molar-refractivity contribution >= 4 is 23.4 Å². The van der Waals surface area contributed by atoms with E-state index in [4.69, 9.17) is 9.31 Å². The van der Waals surface area contributed by atoms with E-state index in [1.54, 1.807) is 18.6 Å². The molecule has 2 rings (SSSR count). The summed E-state index contributed by atoms with van der Waals surface area (Å²) in [5.41, 5.74) is 0.973. The molecule has 4 nitrogen and oxygen atoms in total. The Morgan fingerprint density at radius 3 is 2.16 bits per heavy atom. The van der Waals surface area contributed by atoms with Gasteiger partial charge in [0.15, 0.2) is 0 Å². The molecule has 1 aromatic heterocycles. The molecule has 1 aliphatic heterocycles. The van der Waals surface area contributed by atoms with Crippen LogP contribution in [0.5, 0.6) is 0 Å². The lowest BCUT2D eigenvalue weighted by atomic mass is 9.77. The van der Waals surface area contributed by atoms with E-state index >= 15 is 0 Å². The predicted octanol–water partition coefficient (Wildman–Crippen LogP) is 1.43. The van der Waals surface area contributed by atoms with Gasteiger partial charge in [-0.1, -0.05) is 0 Å². The van der Waals surface area contributed by atoms with Gasteiger partial charge in [0.05, 0.1) is 26.9 Å². The Morgan fingerprint density at radius 1 is 1.16 bits per heavy atom. The number of aromatic nitrogens is 1. The maximum Gasteiger partial charge on any atom is 0.496 e. The Kier molecular flexibility index (Phi) is 3.62. The van der Waals surface area contributed by atoms with Crippen LogP contribution in [0.4, 0.5) is 0 Å². The molecule has 6 heteroatoms. The Bertz CT molecular complexity index is 515. The summed E-state index contributed by atoms with van der Waals surface area (Å²) in [5.74, 6) is 0. The summed E-state index contributed by atoms with van der Waals surface area (Å²) in [6.45, 7) is 9.96. The summed E-state index contributed by atoms with van der Waals surface area (Å²) < 4.78 is 23.9. The highest BCUT2D eigenvalue weighted by Gasteiger charge is 2.52. The Labute approximate surface area is 117 Å². The second kappa shape index (κ2) is 4.68. The van der Waals surface area contributed by atoms with Gasteiger partial charge in [0.2, 0.25) is 0 Å². The van der Waals surface area contributed by atoms with Crippen molar-refractivity contribution in [1.29, 1.82) is 0 Å². The molecule has 0 aromatic carbocycles. The van der Waals surface area contributed by atoms with Crippen molar-refractivity contribution in [1.82, 2.24) is 4.98 Å². The summed E-state index contributed by atoms with van der Waals surface area (Å²) in [7, 11) is -1.61. The lowest BCUT2D eigenvalue weighted by Crippen LogP contribution is -2.41. The molecular weight excluding hydrogens is 261 g/mol. The third-order valence-corrected chi connectivity index (χ3v) is 4.89. The van der Waals surface area contributed by atoms with Gasteiger partial charge in [0.25, 0.3) is 0 Å². The number of nitrogens with zero attached hydrogens (tertiary/aromatic N) is 1. The van der Waals surface area contributed by atoms with Crippen LogP contribution in [-0.4, -0.2) is 33.8 Å². The quantitative estimate of drug-likeness (QED) is 0.769. The van der Waals surface area contributed by atoms with E-state index < -0.39 is 29.1 Å². The molecule has 0 amide bonds. The highest BCUT2D eigenvalue weighted by molar-refractivity contribution is 7.84. The molecule has 0 aliphatic carbocycles. The highest BCUT2D eigenvalue weighted by atomic mass is 32.2. The average molecular weight is 281 g/mol. The summed E-state index contributed by atoms with van der Waals surface area (Å²) in [5, 5.41) is 0. The fourth-order valence-corrected chi connectivity index (χ4v) is 2.82. The van der Waals surface area contributed by atoms with Crippen molar-refractivity contribution < 1.29 is 13.5 Å². The van der Waals surface area contributed by atoms with Crippen molar-refractivity contribution in [3.8, 4) is 0 Å². The second-order valence-electron chi connectivity index (χ2n) is 5.91. The fourth-order valence-electron chi connectivity index (χ4n) is 2.04. The third kappa shape index (κ3) is 2.49. The van der Waals surface area contributed by atoms with Crippen LogP contribution < -0.4 is 5.46 Å². The molecule has 1 fully saturated rings. The summed E-state index contributed by atoms with van der Waals surface area (Å²) in [6.07, 6.45) is 5.02. The van der Waals surface area contributed by atoms with E-state index in [2.05, 4.69) is 4.98 Å². The summed E-state index contributed by atoms with van der Waals surface area (Å²) >= 11 is 0. The maximum absolute atomic E-state index is 11.9. The molecule has 1 atom stereocenters. The lowest BCUT2D eigenvalue weighted by molar-refractivity contribution is 0.00578. The summed E-state index contributed by atoms with van der Waals surface area (Å²) in [6, 6.07) is 0. The van der Waals surface area contributed by atoms with Crippen LogP contribution in [0.15, 0.2) is 17.3 Å². The molecule has 1 aromatic rings. The second-order valence-corrected chi connectivity index (χ2v) is 7.26. The third-order valence-electron chi connectivity index (χ3n) is 3.95. The first-order valence-electron chi connectivity index (χ1n) is 6.29. The van der Waals surface area contributed by atoms with E-state index in [1.165, 1.54) is 0 Å². The van der Waals surface area contributed by atoms with Gasteiger partial charge in [-0.25, -0.2) is 0 Å². The number of hydrogen-bond donors (Lipinski definition) is 0. The molecule has 0 bridgehead atoms. The van der Waals surface area contributed by atoms with Crippen LogP contribution in [0, 0.1) is 6.92 Å². The number of aryl methyl sites for hydroxylation is 1. The smallest absolute Gasteiger partial charge is 0.399 e. The molecule has 1 saturated heterocycles. The normalized spacial score (nSPS) is 22.5. The molecule has 104 valence electrons. The predicted molar refractivity (Wildman–Crippen MR) is 77.0 cm³/mol. The van der Waals surface area contributed by atoms with Gasteiger partial charge in [-0.05, 0) is 40.2 Å². The molecule has 0 saturated carbocycles. The first-order chi connectivity index (χ1) is 8.66. The molecule has 1 unspecified atom stereocenters. The van der Waals surface area contributed by atoms with Crippen molar-refractivity contribution in [2.75, 3.05) is 6.26 Å². The van der Waals surface area contributed by atoms with Crippen molar-refractivity contribution in [3.05, 3.63) is 18.0 Å². The fraction of sp³-hybridized carbons (Fsp3) is 0.615. The maximum atomic E-state index is 11.9. The SMILES string of the molecule is Cc1cncc(S(C)=O)c1B1OC(C)(C)C(C)(C)O1. The minimum atomic E-state index is -1.12. The van der Waals surface area contributed by atoms with Gasteiger partial charge in [-0.15, -0.1) is 0 Å². The number of pyridine rings is 1. The molecule has 0 spiro atoms. The van der Waals surface area contributed by atoms with E-state index in [-0.39, 0.29) is 0 Å². The van der Waals surface area contributed by atoms with Crippen LogP contribution in [0.2, 0.25) is 0 Å². The molecule has 19 heavy (non-hydrogen) atoms. The zero-order valence-corrected chi connectivity index (χ0v) is 13.1. The van der Waals surface area contributed by atoms with Crippen LogP contribution in [0.3, 0.4) is 0 Å². The van der Waals surface area contributed by atoms with Gasteiger partial charge in [0.1, 0.15) is 0 Å². The zero-order chi connectivity index (χ0) is 14.4. The standard InChI is InChI=1S/C13H20BNO3S/c1-9-7-15-8-10(19(6)16)11(9)14-17-12(2,3)13(4,5)18-14/h7-8H,1-6H3. The molecule has 1 aliphatic rings. The van der Waals surface area contributed by atoms with E-state index in [9.17, 15) is 4.21 Å². The van der Waals surface area contributed by atoms with Crippen molar-refractivity contribution in [3.63, 3.8) is 0 Å². The average Bonchev–Trinajstić information content (AvgIpc) is 2.47. The van der Waals surface area contributed by atoms with E-state index in [0.717, 1.165) is 11.0 Å². The lowest BCUT2D eigenvalue weighted by Gasteiger charge is -2.32.